The minimum Gasteiger partial charge on any atom is -0.481 e. The van der Waals surface area contributed by atoms with Crippen molar-refractivity contribution in [2.45, 2.75) is 52.9 Å². The van der Waals surface area contributed by atoms with Gasteiger partial charge in [-0.2, -0.15) is 0 Å². The highest BCUT2D eigenvalue weighted by Gasteiger charge is 2.40. The largest absolute Gasteiger partial charge is 0.481 e. The molecule has 4 unspecified atom stereocenters. The van der Waals surface area contributed by atoms with E-state index in [-0.39, 0.29) is 11.8 Å². The normalized spacial score (nSPS) is 27.6. The van der Waals surface area contributed by atoms with Gasteiger partial charge in [-0.1, -0.05) is 51.5 Å². The average Bonchev–Trinajstić information content (AvgIpc) is 2.40. The Morgan fingerprint density at radius 2 is 1.86 bits per heavy atom. The van der Waals surface area contributed by atoms with Crippen LogP contribution in [0.5, 0.6) is 0 Å². The quantitative estimate of drug-likeness (QED) is 0.858. The molecule has 2 heteroatoms. The molecule has 4 atom stereocenters. The van der Waals surface area contributed by atoms with Crippen molar-refractivity contribution in [3.8, 4) is 0 Å². The van der Waals surface area contributed by atoms with Crippen molar-refractivity contribution in [1.82, 2.24) is 0 Å². The molecule has 0 aromatic heterocycles. The summed E-state index contributed by atoms with van der Waals surface area (Å²) in [5, 5.41) is 9.89. The van der Waals surface area contributed by atoms with E-state index in [1.54, 1.807) is 0 Å². The number of rotatable bonds is 4. The molecular formula is C19H28O2. The Bertz CT molecular complexity index is 492. The number of carbonyl (C=O) groups is 1. The van der Waals surface area contributed by atoms with Gasteiger partial charge in [-0.05, 0) is 54.6 Å². The fourth-order valence-corrected chi connectivity index (χ4v) is 4.14. The van der Waals surface area contributed by atoms with E-state index < -0.39 is 5.97 Å². The molecule has 1 N–H and O–H groups in total. The Morgan fingerprint density at radius 1 is 1.19 bits per heavy atom. The molecular weight excluding hydrogens is 260 g/mol. The molecule has 0 heterocycles. The highest BCUT2D eigenvalue weighted by atomic mass is 16.4. The Hall–Kier alpha value is -1.31. The van der Waals surface area contributed by atoms with Gasteiger partial charge in [-0.15, -0.1) is 0 Å². The second kappa shape index (κ2) is 6.64. The molecule has 116 valence electrons. The summed E-state index contributed by atoms with van der Waals surface area (Å²) in [5.74, 6) is 0.939. The summed E-state index contributed by atoms with van der Waals surface area (Å²) >= 11 is 0. The van der Waals surface area contributed by atoms with E-state index in [2.05, 4.69) is 20.8 Å². The molecule has 1 aliphatic rings. The van der Waals surface area contributed by atoms with E-state index in [4.69, 9.17) is 0 Å². The minimum absolute atomic E-state index is 0.257. The molecule has 1 aromatic rings. The number of carboxylic acids is 1. The molecule has 0 radical (unpaired) electrons. The van der Waals surface area contributed by atoms with Crippen molar-refractivity contribution in [3.63, 3.8) is 0 Å². The Labute approximate surface area is 128 Å². The second-order valence-electron chi connectivity index (χ2n) is 7.16. The topological polar surface area (TPSA) is 37.3 Å². The molecule has 2 rings (SSSR count). The summed E-state index contributed by atoms with van der Waals surface area (Å²) in [7, 11) is 0. The van der Waals surface area contributed by atoms with E-state index >= 15 is 0 Å². The lowest BCUT2D eigenvalue weighted by Gasteiger charge is -2.40. The summed E-state index contributed by atoms with van der Waals surface area (Å²) in [6.07, 6.45) is 3.44. The van der Waals surface area contributed by atoms with Gasteiger partial charge in [-0.3, -0.25) is 4.79 Å². The molecule has 0 spiro atoms. The van der Waals surface area contributed by atoms with Crippen LogP contribution in [0, 0.1) is 30.6 Å². The smallest absolute Gasteiger partial charge is 0.311 e. The van der Waals surface area contributed by atoms with Crippen LogP contribution in [0.15, 0.2) is 24.3 Å². The average molecular weight is 288 g/mol. The monoisotopic (exact) mass is 288 g/mol. The molecule has 1 aliphatic carbocycles. The standard InChI is InChI=1S/C19H28O2/c1-12(2)15-10-9-13(3)11-17(15)18(19(20)21)16-8-6-5-7-14(16)4/h5-8,12-13,15,17-18H,9-11H2,1-4H3,(H,20,21). The van der Waals surface area contributed by atoms with E-state index in [9.17, 15) is 9.90 Å². The van der Waals surface area contributed by atoms with Gasteiger partial charge in [0.1, 0.15) is 0 Å². The predicted molar refractivity (Wildman–Crippen MR) is 86.4 cm³/mol. The third-order valence-electron chi connectivity index (χ3n) is 5.29. The fraction of sp³-hybridized carbons (Fsp3) is 0.632. The Kier molecular flexibility index (Phi) is 5.08. The number of aryl methyl sites for hydroxylation is 1. The van der Waals surface area contributed by atoms with Crippen LogP contribution in [0.25, 0.3) is 0 Å². The molecule has 0 amide bonds. The molecule has 0 aliphatic heterocycles. The summed E-state index contributed by atoms with van der Waals surface area (Å²) < 4.78 is 0. The Morgan fingerprint density at radius 3 is 2.43 bits per heavy atom. The van der Waals surface area contributed by atoms with Crippen LogP contribution in [0.2, 0.25) is 0 Å². The molecule has 21 heavy (non-hydrogen) atoms. The van der Waals surface area contributed by atoms with Crippen LogP contribution in [0.3, 0.4) is 0 Å². The minimum atomic E-state index is -0.658. The molecule has 1 saturated carbocycles. The summed E-state index contributed by atoms with van der Waals surface area (Å²) in [4.78, 5) is 12.0. The summed E-state index contributed by atoms with van der Waals surface area (Å²) in [6.45, 7) is 8.77. The SMILES string of the molecule is Cc1ccccc1C(C(=O)O)C1CC(C)CCC1C(C)C. The number of hydrogen-bond acceptors (Lipinski definition) is 1. The van der Waals surface area contributed by atoms with Crippen molar-refractivity contribution in [3.05, 3.63) is 35.4 Å². The third kappa shape index (κ3) is 3.48. The first-order valence-electron chi connectivity index (χ1n) is 8.20. The Balaban J connectivity index is 2.40. The first kappa shape index (κ1) is 16.1. The zero-order valence-corrected chi connectivity index (χ0v) is 13.7. The molecule has 0 saturated heterocycles. The number of hydrogen-bond donors (Lipinski definition) is 1. The van der Waals surface area contributed by atoms with Crippen LogP contribution in [-0.4, -0.2) is 11.1 Å². The maximum absolute atomic E-state index is 12.0. The van der Waals surface area contributed by atoms with Gasteiger partial charge >= 0.3 is 5.97 Å². The van der Waals surface area contributed by atoms with E-state index in [1.807, 2.05) is 31.2 Å². The lowest BCUT2D eigenvalue weighted by atomic mass is 9.64. The fourth-order valence-electron chi connectivity index (χ4n) is 4.14. The van der Waals surface area contributed by atoms with Gasteiger partial charge in [0, 0.05) is 0 Å². The zero-order valence-electron chi connectivity index (χ0n) is 13.7. The molecule has 2 nitrogen and oxygen atoms in total. The lowest BCUT2D eigenvalue weighted by molar-refractivity contribution is -0.141. The molecule has 1 fully saturated rings. The maximum Gasteiger partial charge on any atom is 0.311 e. The molecule has 1 aromatic carbocycles. The van der Waals surface area contributed by atoms with Gasteiger partial charge in [0.25, 0.3) is 0 Å². The van der Waals surface area contributed by atoms with Gasteiger partial charge in [-0.25, -0.2) is 0 Å². The van der Waals surface area contributed by atoms with Crippen LogP contribution in [0.4, 0.5) is 0 Å². The maximum atomic E-state index is 12.0. The van der Waals surface area contributed by atoms with Gasteiger partial charge in [0.2, 0.25) is 0 Å². The lowest BCUT2D eigenvalue weighted by Crippen LogP contribution is -2.35. The van der Waals surface area contributed by atoms with Crippen LogP contribution >= 0.6 is 0 Å². The first-order valence-corrected chi connectivity index (χ1v) is 8.20. The van der Waals surface area contributed by atoms with Crippen LogP contribution in [0.1, 0.15) is 57.1 Å². The van der Waals surface area contributed by atoms with Crippen molar-refractivity contribution in [2.24, 2.45) is 23.7 Å². The highest BCUT2D eigenvalue weighted by molar-refractivity contribution is 5.77. The number of carboxylic acid groups (broad SMARTS) is 1. The van der Waals surface area contributed by atoms with E-state index in [0.717, 1.165) is 17.5 Å². The predicted octanol–water partition coefficient (Wildman–Crippen LogP) is 4.87. The van der Waals surface area contributed by atoms with Crippen molar-refractivity contribution < 1.29 is 9.90 Å². The molecule has 0 bridgehead atoms. The van der Waals surface area contributed by atoms with Gasteiger partial charge in [0.05, 0.1) is 5.92 Å². The third-order valence-corrected chi connectivity index (χ3v) is 5.29. The highest BCUT2D eigenvalue weighted by Crippen LogP contribution is 2.45. The second-order valence-corrected chi connectivity index (χ2v) is 7.16. The van der Waals surface area contributed by atoms with Crippen molar-refractivity contribution in [2.75, 3.05) is 0 Å². The number of benzene rings is 1. The summed E-state index contributed by atoms with van der Waals surface area (Å²) in [6, 6.07) is 7.99. The van der Waals surface area contributed by atoms with Gasteiger partial charge in [0.15, 0.2) is 0 Å². The van der Waals surface area contributed by atoms with E-state index in [1.165, 1.54) is 12.8 Å². The zero-order chi connectivity index (χ0) is 15.6. The van der Waals surface area contributed by atoms with Gasteiger partial charge < -0.3 is 5.11 Å². The number of aliphatic carboxylic acids is 1. The van der Waals surface area contributed by atoms with Crippen molar-refractivity contribution in [1.29, 1.82) is 0 Å². The van der Waals surface area contributed by atoms with Crippen LogP contribution in [-0.2, 0) is 4.79 Å². The van der Waals surface area contributed by atoms with E-state index in [0.29, 0.717) is 17.8 Å². The summed E-state index contributed by atoms with van der Waals surface area (Å²) in [5.41, 5.74) is 2.11. The first-order chi connectivity index (χ1) is 9.91. The van der Waals surface area contributed by atoms with Crippen molar-refractivity contribution >= 4 is 5.97 Å². The van der Waals surface area contributed by atoms with Crippen LogP contribution < -0.4 is 0 Å².